The zero-order chi connectivity index (χ0) is 31.9. The van der Waals surface area contributed by atoms with E-state index in [1.807, 2.05) is 0 Å². The fourth-order valence-corrected chi connectivity index (χ4v) is 7.00. The van der Waals surface area contributed by atoms with E-state index in [-0.39, 0.29) is 32.9 Å². The SMILES string of the molecule is O=C(C=Cc1cccc(CN2OC3C4OCOC4C4CC3(C(=O)N3CCCC3C(=O)NCCO)C2C(=O)O4)c1)OCC(F)(F)F. The third-order valence-electron chi connectivity index (χ3n) is 8.78. The van der Waals surface area contributed by atoms with Gasteiger partial charge in [-0.2, -0.15) is 18.2 Å². The number of likely N-dealkylation sites (tertiary alicyclic amines) is 1. The predicted molar refractivity (Wildman–Crippen MR) is 143 cm³/mol. The van der Waals surface area contributed by atoms with Crippen molar-refractivity contribution in [1.29, 1.82) is 0 Å². The van der Waals surface area contributed by atoms with Gasteiger partial charge in [0.1, 0.15) is 42.7 Å². The number of halogens is 3. The van der Waals surface area contributed by atoms with Crippen LogP contribution in [0.4, 0.5) is 13.2 Å². The summed E-state index contributed by atoms with van der Waals surface area (Å²) in [4.78, 5) is 60.8. The largest absolute Gasteiger partial charge is 0.458 e. The van der Waals surface area contributed by atoms with Crippen LogP contribution in [0.5, 0.6) is 0 Å². The van der Waals surface area contributed by atoms with E-state index in [4.69, 9.17) is 24.2 Å². The van der Waals surface area contributed by atoms with E-state index in [0.29, 0.717) is 30.5 Å². The fourth-order valence-electron chi connectivity index (χ4n) is 7.00. The summed E-state index contributed by atoms with van der Waals surface area (Å²) in [6, 6.07) is 4.66. The first-order chi connectivity index (χ1) is 21.5. The van der Waals surface area contributed by atoms with Crippen molar-refractivity contribution in [3.8, 4) is 0 Å². The number of hydrogen-bond acceptors (Lipinski definition) is 11. The van der Waals surface area contributed by atoms with Crippen LogP contribution in [0.15, 0.2) is 30.3 Å². The van der Waals surface area contributed by atoms with Crippen molar-refractivity contribution in [2.75, 3.05) is 33.1 Å². The van der Waals surface area contributed by atoms with Crippen LogP contribution in [-0.2, 0) is 49.5 Å². The average molecular weight is 640 g/mol. The molecule has 45 heavy (non-hydrogen) atoms. The van der Waals surface area contributed by atoms with Crippen molar-refractivity contribution in [2.45, 2.75) is 68.5 Å². The molecule has 1 saturated carbocycles. The standard InChI is InChI=1S/C29H32F3N3O10/c30-29(31,32)14-41-20(37)7-6-16-3-1-4-17(11-16)13-35-23-26(39)44-19-12-28(23,24(45-35)22-21(19)42-15-43-22)27(40)34-9-2-5-18(34)25(38)33-8-10-36/h1,3-4,6-7,11,18-19,21-24,36H,2,5,8-10,12-15H2,(H,33,38). The molecule has 4 aliphatic heterocycles. The van der Waals surface area contributed by atoms with Crippen LogP contribution < -0.4 is 5.32 Å². The first kappa shape index (κ1) is 31.4. The molecular weight excluding hydrogens is 607 g/mol. The van der Waals surface area contributed by atoms with E-state index in [2.05, 4.69) is 10.1 Å². The second kappa shape index (κ2) is 12.3. The van der Waals surface area contributed by atoms with E-state index in [1.165, 1.54) is 16.0 Å². The molecule has 1 aromatic carbocycles. The van der Waals surface area contributed by atoms with Gasteiger partial charge in [-0.1, -0.05) is 24.3 Å². The highest BCUT2D eigenvalue weighted by molar-refractivity contribution is 5.96. The zero-order valence-corrected chi connectivity index (χ0v) is 23.9. The fraction of sp³-hybridized carbons (Fsp3) is 0.586. The Kier molecular flexibility index (Phi) is 8.60. The van der Waals surface area contributed by atoms with Gasteiger partial charge in [-0.15, -0.1) is 0 Å². The van der Waals surface area contributed by atoms with Gasteiger partial charge in [-0.25, -0.2) is 4.79 Å². The van der Waals surface area contributed by atoms with Gasteiger partial charge in [0.25, 0.3) is 0 Å². The molecule has 0 aromatic heterocycles. The lowest BCUT2D eigenvalue weighted by Crippen LogP contribution is -2.70. The molecule has 4 saturated heterocycles. The molecule has 1 aliphatic carbocycles. The molecular formula is C29H32F3N3O10. The van der Waals surface area contributed by atoms with Gasteiger partial charge in [0.15, 0.2) is 12.6 Å². The third kappa shape index (κ3) is 5.92. The van der Waals surface area contributed by atoms with Crippen LogP contribution in [0.2, 0.25) is 0 Å². The quantitative estimate of drug-likeness (QED) is 0.286. The topological polar surface area (TPSA) is 153 Å². The lowest BCUT2D eigenvalue weighted by Gasteiger charge is -2.50. The number of esters is 2. The number of ether oxygens (including phenoxy) is 4. The van der Waals surface area contributed by atoms with E-state index in [9.17, 15) is 32.3 Å². The molecule has 16 heteroatoms. The van der Waals surface area contributed by atoms with Crippen LogP contribution in [0.1, 0.15) is 30.4 Å². The summed E-state index contributed by atoms with van der Waals surface area (Å²) in [5.41, 5.74) is -0.389. The number of hydrogen-bond donors (Lipinski definition) is 2. The summed E-state index contributed by atoms with van der Waals surface area (Å²) in [5.74, 6) is -2.66. The molecule has 2 N–H and O–H groups in total. The molecule has 13 nitrogen and oxygen atoms in total. The number of amides is 2. The maximum absolute atomic E-state index is 14.6. The van der Waals surface area contributed by atoms with Crippen LogP contribution in [-0.4, -0.2) is 115 Å². The number of fused-ring (bicyclic) bond motifs is 4. The summed E-state index contributed by atoms with van der Waals surface area (Å²) < 4.78 is 58.6. The van der Waals surface area contributed by atoms with Gasteiger partial charge in [0.2, 0.25) is 11.8 Å². The maximum Gasteiger partial charge on any atom is 0.422 e. The molecule has 5 aliphatic rings. The molecule has 1 aromatic rings. The van der Waals surface area contributed by atoms with Crippen molar-refractivity contribution in [3.05, 3.63) is 41.5 Å². The summed E-state index contributed by atoms with van der Waals surface area (Å²) in [6.45, 7) is -1.71. The highest BCUT2D eigenvalue weighted by atomic mass is 19.4. The van der Waals surface area contributed by atoms with Crippen molar-refractivity contribution in [3.63, 3.8) is 0 Å². The van der Waals surface area contributed by atoms with Crippen molar-refractivity contribution >= 4 is 29.8 Å². The van der Waals surface area contributed by atoms with Crippen LogP contribution in [0.25, 0.3) is 6.08 Å². The second-order valence-electron chi connectivity index (χ2n) is 11.6. The van der Waals surface area contributed by atoms with E-state index < -0.39 is 78.5 Å². The lowest BCUT2D eigenvalue weighted by molar-refractivity contribution is -0.204. The molecule has 0 radical (unpaired) electrons. The number of alkyl halides is 3. The van der Waals surface area contributed by atoms with Gasteiger partial charge in [0.05, 0.1) is 13.2 Å². The van der Waals surface area contributed by atoms with Gasteiger partial charge >= 0.3 is 18.1 Å². The van der Waals surface area contributed by atoms with Crippen LogP contribution in [0, 0.1) is 5.41 Å². The number of nitrogens with one attached hydrogen (secondary N) is 1. The monoisotopic (exact) mass is 639 g/mol. The van der Waals surface area contributed by atoms with E-state index in [1.54, 1.807) is 24.3 Å². The number of hydroxylamine groups is 2. The van der Waals surface area contributed by atoms with Gasteiger partial charge in [0, 0.05) is 25.6 Å². The summed E-state index contributed by atoms with van der Waals surface area (Å²) >= 11 is 0. The molecule has 5 fully saturated rings. The van der Waals surface area contributed by atoms with Crippen LogP contribution >= 0.6 is 0 Å². The first-order valence-electron chi connectivity index (χ1n) is 14.6. The first-order valence-corrected chi connectivity index (χ1v) is 14.6. The lowest BCUT2D eigenvalue weighted by atomic mass is 9.62. The summed E-state index contributed by atoms with van der Waals surface area (Å²) in [5, 5.41) is 13.2. The highest BCUT2D eigenvalue weighted by Gasteiger charge is 2.75. The Hall–Kier alpha value is -3.57. The Labute approximate surface area is 255 Å². The Balaban J connectivity index is 1.27. The molecule has 7 atom stereocenters. The summed E-state index contributed by atoms with van der Waals surface area (Å²) in [7, 11) is 0. The number of carbonyl (C=O) groups is 4. The van der Waals surface area contributed by atoms with Crippen LogP contribution in [0.3, 0.4) is 0 Å². The highest BCUT2D eigenvalue weighted by Crippen LogP contribution is 2.56. The molecule has 244 valence electrons. The normalized spacial score (nSPS) is 32.4. The van der Waals surface area contributed by atoms with Crippen molar-refractivity contribution in [2.24, 2.45) is 5.41 Å². The molecule has 0 spiro atoms. The number of nitrogens with zero attached hydrogens (tertiary/aromatic N) is 2. The second-order valence-corrected chi connectivity index (χ2v) is 11.6. The third-order valence-corrected chi connectivity index (χ3v) is 8.78. The Morgan fingerprint density at radius 1 is 1.20 bits per heavy atom. The maximum atomic E-state index is 14.6. The number of aliphatic hydroxyl groups is 1. The van der Waals surface area contributed by atoms with Gasteiger partial charge < -0.3 is 34.3 Å². The Morgan fingerprint density at radius 3 is 2.78 bits per heavy atom. The zero-order valence-electron chi connectivity index (χ0n) is 23.9. The number of aliphatic hydroxyl groups excluding tert-OH is 1. The molecule has 2 amide bonds. The van der Waals surface area contributed by atoms with Gasteiger partial charge in [-0.05, 0) is 30.0 Å². The number of rotatable bonds is 9. The Bertz CT molecular complexity index is 1380. The minimum absolute atomic E-state index is 0.00514. The number of benzene rings is 1. The van der Waals surface area contributed by atoms with Gasteiger partial charge in [-0.3, -0.25) is 19.2 Å². The van der Waals surface area contributed by atoms with E-state index >= 15 is 0 Å². The molecule has 6 rings (SSSR count). The number of carbonyl (C=O) groups excluding carboxylic acids is 4. The smallest absolute Gasteiger partial charge is 0.422 e. The predicted octanol–water partition coefficient (Wildman–Crippen LogP) is 0.446. The summed E-state index contributed by atoms with van der Waals surface area (Å²) in [6.07, 6.45) is -4.46. The van der Waals surface area contributed by atoms with Crippen molar-refractivity contribution < 1.29 is 61.2 Å². The van der Waals surface area contributed by atoms with E-state index in [0.717, 1.165) is 6.08 Å². The molecule has 4 heterocycles. The Morgan fingerprint density at radius 2 is 2.00 bits per heavy atom. The molecule has 7 unspecified atom stereocenters. The van der Waals surface area contributed by atoms with Crippen molar-refractivity contribution in [1.82, 2.24) is 15.3 Å². The average Bonchev–Trinajstić information content (AvgIpc) is 3.76. The molecule has 2 bridgehead atoms. The minimum atomic E-state index is -4.65. The minimum Gasteiger partial charge on any atom is -0.458 e.